The van der Waals surface area contributed by atoms with Crippen molar-refractivity contribution in [2.75, 3.05) is 32.0 Å². The molecular weight excluding hydrogens is 355 g/mol. The number of nitrogens with zero attached hydrogens (tertiary/aromatic N) is 2. The lowest BCUT2D eigenvalue weighted by atomic mass is 10.2. The molecule has 0 saturated carbocycles. The van der Waals surface area contributed by atoms with E-state index in [4.69, 9.17) is 10.5 Å². The highest BCUT2D eigenvalue weighted by atomic mass is 127. The second-order valence-corrected chi connectivity index (χ2v) is 5.96. The first-order valence-corrected chi connectivity index (χ1v) is 7.61. The molecule has 19 heavy (non-hydrogen) atoms. The Balaban J connectivity index is 1.72. The van der Waals surface area contributed by atoms with Gasteiger partial charge >= 0.3 is 0 Å². The molecular formula is C13H17IN4O. The first kappa shape index (κ1) is 13.0. The van der Waals surface area contributed by atoms with Crippen LogP contribution >= 0.6 is 22.6 Å². The molecule has 1 aromatic carbocycles. The van der Waals surface area contributed by atoms with Crippen LogP contribution in [0.5, 0.6) is 5.75 Å². The van der Waals surface area contributed by atoms with Gasteiger partial charge in [-0.05, 0) is 60.7 Å². The van der Waals surface area contributed by atoms with Crippen LogP contribution in [0.4, 0.5) is 5.82 Å². The molecule has 1 aliphatic heterocycles. The third kappa shape index (κ3) is 2.64. The van der Waals surface area contributed by atoms with Crippen molar-refractivity contribution in [2.24, 2.45) is 0 Å². The summed E-state index contributed by atoms with van der Waals surface area (Å²) in [4.78, 5) is 2.44. The lowest BCUT2D eigenvalue weighted by molar-refractivity contribution is 0.239. The van der Waals surface area contributed by atoms with Crippen LogP contribution in [0.15, 0.2) is 12.1 Å². The predicted molar refractivity (Wildman–Crippen MR) is 84.4 cm³/mol. The van der Waals surface area contributed by atoms with E-state index in [-0.39, 0.29) is 0 Å². The van der Waals surface area contributed by atoms with Gasteiger partial charge < -0.3 is 10.5 Å². The minimum Gasteiger partial charge on any atom is -0.490 e. The molecule has 1 fully saturated rings. The molecule has 6 heteroatoms. The van der Waals surface area contributed by atoms with Crippen LogP contribution < -0.4 is 10.5 Å². The maximum atomic E-state index is 5.88. The van der Waals surface area contributed by atoms with Gasteiger partial charge in [0, 0.05) is 10.1 Å². The molecule has 0 amide bonds. The highest BCUT2D eigenvalue weighted by Crippen LogP contribution is 2.31. The van der Waals surface area contributed by atoms with Gasteiger partial charge in [0.15, 0.2) is 5.82 Å². The van der Waals surface area contributed by atoms with Crippen LogP contribution in [0.3, 0.4) is 0 Å². The number of benzene rings is 1. The quantitative estimate of drug-likeness (QED) is 0.808. The Labute approximate surface area is 125 Å². The van der Waals surface area contributed by atoms with E-state index in [1.54, 1.807) is 0 Å². The number of nitrogens with one attached hydrogen (secondary N) is 1. The lowest BCUT2D eigenvalue weighted by Gasteiger charge is -2.15. The van der Waals surface area contributed by atoms with Gasteiger partial charge in [-0.2, -0.15) is 5.10 Å². The summed E-state index contributed by atoms with van der Waals surface area (Å²) in [6.45, 7) is 4.08. The van der Waals surface area contributed by atoms with Gasteiger partial charge in [0.2, 0.25) is 0 Å². The molecule has 1 aromatic heterocycles. The average molecular weight is 372 g/mol. The number of hydrogen-bond donors (Lipinski definition) is 2. The number of likely N-dealkylation sites (tertiary alicyclic amines) is 1. The van der Waals surface area contributed by atoms with Gasteiger partial charge in [0.25, 0.3) is 0 Å². The number of aromatic amines is 1. The highest BCUT2D eigenvalue weighted by molar-refractivity contribution is 14.1. The molecule has 0 atom stereocenters. The zero-order valence-corrected chi connectivity index (χ0v) is 12.8. The molecule has 0 bridgehead atoms. The molecule has 1 saturated heterocycles. The number of hydrogen-bond acceptors (Lipinski definition) is 4. The van der Waals surface area contributed by atoms with E-state index in [2.05, 4.69) is 37.7 Å². The summed E-state index contributed by atoms with van der Waals surface area (Å²) >= 11 is 2.26. The summed E-state index contributed by atoms with van der Waals surface area (Å²) in [6.07, 6.45) is 2.62. The van der Waals surface area contributed by atoms with Gasteiger partial charge in [-0.25, -0.2) is 0 Å². The Hall–Kier alpha value is -1.02. The first-order valence-electron chi connectivity index (χ1n) is 6.53. The van der Waals surface area contributed by atoms with Crippen LogP contribution in [0.2, 0.25) is 0 Å². The Morgan fingerprint density at radius 1 is 1.37 bits per heavy atom. The van der Waals surface area contributed by atoms with E-state index in [0.717, 1.165) is 26.8 Å². The van der Waals surface area contributed by atoms with E-state index in [0.29, 0.717) is 12.4 Å². The second-order valence-electron chi connectivity index (χ2n) is 4.80. The molecule has 5 nitrogen and oxygen atoms in total. The van der Waals surface area contributed by atoms with Crippen LogP contribution in [-0.2, 0) is 0 Å². The van der Waals surface area contributed by atoms with Crippen molar-refractivity contribution < 1.29 is 4.74 Å². The number of rotatable bonds is 4. The van der Waals surface area contributed by atoms with E-state index in [1.807, 2.05) is 12.1 Å². The zero-order chi connectivity index (χ0) is 13.2. The SMILES string of the molecule is Nc1n[nH]c2c(OCCN3CCCC3)ccc(I)c12. The number of anilines is 1. The Kier molecular flexibility index (Phi) is 3.79. The molecule has 3 N–H and O–H groups in total. The van der Waals surface area contributed by atoms with Crippen molar-refractivity contribution in [1.29, 1.82) is 0 Å². The summed E-state index contributed by atoms with van der Waals surface area (Å²) in [5.74, 6) is 1.36. The number of halogens is 1. The summed E-state index contributed by atoms with van der Waals surface area (Å²) in [6, 6.07) is 3.99. The highest BCUT2D eigenvalue weighted by Gasteiger charge is 2.13. The minimum atomic E-state index is 0.532. The number of nitrogens with two attached hydrogens (primary N) is 1. The van der Waals surface area contributed by atoms with Crippen LogP contribution in [0.1, 0.15) is 12.8 Å². The molecule has 3 rings (SSSR count). The molecule has 102 valence electrons. The number of fused-ring (bicyclic) bond motifs is 1. The molecule has 0 spiro atoms. The number of H-pyrrole nitrogens is 1. The number of ether oxygens (including phenoxy) is 1. The van der Waals surface area contributed by atoms with E-state index >= 15 is 0 Å². The molecule has 1 aliphatic rings. The maximum Gasteiger partial charge on any atom is 0.154 e. The van der Waals surface area contributed by atoms with Crippen molar-refractivity contribution in [3.8, 4) is 5.75 Å². The summed E-state index contributed by atoms with van der Waals surface area (Å²) < 4.78 is 6.97. The van der Waals surface area contributed by atoms with Crippen molar-refractivity contribution in [3.63, 3.8) is 0 Å². The topological polar surface area (TPSA) is 67.2 Å². The van der Waals surface area contributed by atoms with E-state index < -0.39 is 0 Å². The van der Waals surface area contributed by atoms with Crippen LogP contribution in [0, 0.1) is 3.57 Å². The zero-order valence-electron chi connectivity index (χ0n) is 10.7. The molecule has 0 unspecified atom stereocenters. The normalized spacial score (nSPS) is 16.3. The second kappa shape index (κ2) is 5.54. The maximum absolute atomic E-state index is 5.88. The van der Waals surface area contributed by atoms with Crippen molar-refractivity contribution in [1.82, 2.24) is 15.1 Å². The fourth-order valence-corrected chi connectivity index (χ4v) is 3.23. The Morgan fingerprint density at radius 3 is 2.95 bits per heavy atom. The fraction of sp³-hybridized carbons (Fsp3) is 0.462. The summed E-state index contributed by atoms with van der Waals surface area (Å²) in [5.41, 5.74) is 6.76. The molecule has 2 aromatic rings. The van der Waals surface area contributed by atoms with Gasteiger partial charge in [0.05, 0.1) is 5.39 Å². The smallest absolute Gasteiger partial charge is 0.154 e. The van der Waals surface area contributed by atoms with E-state index in [1.165, 1.54) is 25.9 Å². The third-order valence-corrected chi connectivity index (χ3v) is 4.42. The van der Waals surface area contributed by atoms with Crippen molar-refractivity contribution in [2.45, 2.75) is 12.8 Å². The van der Waals surface area contributed by atoms with E-state index in [9.17, 15) is 0 Å². The minimum absolute atomic E-state index is 0.532. The van der Waals surface area contributed by atoms with Crippen LogP contribution in [-0.4, -0.2) is 41.3 Å². The largest absolute Gasteiger partial charge is 0.490 e. The molecule has 0 aliphatic carbocycles. The predicted octanol–water partition coefficient (Wildman–Crippen LogP) is 2.22. The van der Waals surface area contributed by atoms with Crippen LogP contribution in [0.25, 0.3) is 10.9 Å². The average Bonchev–Trinajstić information content (AvgIpc) is 3.03. The van der Waals surface area contributed by atoms with Gasteiger partial charge in [-0.3, -0.25) is 10.00 Å². The third-order valence-electron chi connectivity index (χ3n) is 3.52. The monoisotopic (exact) mass is 372 g/mol. The number of nitrogen functional groups attached to an aromatic ring is 1. The fourth-order valence-electron chi connectivity index (χ4n) is 2.50. The van der Waals surface area contributed by atoms with Gasteiger partial charge in [0.1, 0.15) is 17.9 Å². The summed E-state index contributed by atoms with van der Waals surface area (Å²) in [5, 5.41) is 7.98. The first-order chi connectivity index (χ1) is 9.25. The number of aromatic nitrogens is 2. The Bertz CT molecular complexity index is 577. The van der Waals surface area contributed by atoms with Gasteiger partial charge in [-0.1, -0.05) is 0 Å². The Morgan fingerprint density at radius 2 is 2.16 bits per heavy atom. The van der Waals surface area contributed by atoms with Crippen molar-refractivity contribution in [3.05, 3.63) is 15.7 Å². The molecule has 2 heterocycles. The standard InChI is InChI=1S/C13H17IN4O/c14-9-3-4-10(12-11(9)13(15)17-16-12)19-8-7-18-5-1-2-6-18/h3-4H,1-2,5-8H2,(H3,15,16,17). The van der Waals surface area contributed by atoms with Crippen molar-refractivity contribution >= 4 is 39.3 Å². The molecule has 0 radical (unpaired) electrons. The lowest BCUT2D eigenvalue weighted by Crippen LogP contribution is -2.25. The van der Waals surface area contributed by atoms with Gasteiger partial charge in [-0.15, -0.1) is 0 Å². The summed E-state index contributed by atoms with van der Waals surface area (Å²) in [7, 11) is 0.